The second-order valence-electron chi connectivity index (χ2n) is 4.98. The second-order valence-corrected chi connectivity index (χ2v) is 4.98. The van der Waals surface area contributed by atoms with E-state index in [1.54, 1.807) is 0 Å². The van der Waals surface area contributed by atoms with Gasteiger partial charge in [0.1, 0.15) is 11.6 Å². The lowest BCUT2D eigenvalue weighted by Gasteiger charge is -2.21. The van der Waals surface area contributed by atoms with Crippen molar-refractivity contribution in [2.75, 3.05) is 6.54 Å². The molecule has 0 saturated heterocycles. The molecule has 0 bridgehead atoms. The highest BCUT2D eigenvalue weighted by atomic mass is 19.1. The predicted molar refractivity (Wildman–Crippen MR) is 81.1 cm³/mol. The van der Waals surface area contributed by atoms with Crippen LogP contribution in [-0.4, -0.2) is 17.4 Å². The van der Waals surface area contributed by atoms with E-state index in [0.717, 1.165) is 29.3 Å². The van der Waals surface area contributed by atoms with Gasteiger partial charge in [0.2, 0.25) is 0 Å². The average molecular weight is 299 g/mol. The highest BCUT2D eigenvalue weighted by Gasteiger charge is 2.19. The molecule has 0 aliphatic heterocycles. The molecular formula is C18H15F2NO. The molecule has 0 aliphatic rings. The number of rotatable bonds is 4. The molecule has 0 saturated carbocycles. The fourth-order valence-corrected chi connectivity index (χ4v) is 2.06. The third-order valence-electron chi connectivity index (χ3n) is 3.22. The SMILES string of the molecule is C#CCN(Cc1ccc(C)cc1)C(=O)c1cc(F)ccc1F. The molecule has 0 unspecified atom stereocenters. The molecule has 2 aromatic carbocycles. The topological polar surface area (TPSA) is 20.3 Å². The third kappa shape index (κ3) is 3.70. The molecule has 2 rings (SSSR count). The summed E-state index contributed by atoms with van der Waals surface area (Å²) in [6.45, 7) is 2.21. The number of amides is 1. The van der Waals surface area contributed by atoms with Gasteiger partial charge in [-0.15, -0.1) is 6.42 Å². The molecule has 4 heteroatoms. The Morgan fingerprint density at radius 3 is 2.50 bits per heavy atom. The Balaban J connectivity index is 2.27. The van der Waals surface area contributed by atoms with E-state index in [1.165, 1.54) is 4.90 Å². The van der Waals surface area contributed by atoms with Crippen LogP contribution in [0.1, 0.15) is 21.5 Å². The minimum absolute atomic E-state index is 0.0165. The first-order chi connectivity index (χ1) is 10.5. The van der Waals surface area contributed by atoms with Gasteiger partial charge >= 0.3 is 0 Å². The summed E-state index contributed by atoms with van der Waals surface area (Å²) < 4.78 is 27.0. The molecule has 22 heavy (non-hydrogen) atoms. The van der Waals surface area contributed by atoms with Crippen molar-refractivity contribution in [2.24, 2.45) is 0 Å². The molecule has 0 fully saturated rings. The van der Waals surface area contributed by atoms with Crippen LogP contribution in [0.25, 0.3) is 0 Å². The summed E-state index contributed by atoms with van der Waals surface area (Å²) in [5.74, 6) is 0.312. The molecule has 0 aromatic heterocycles. The van der Waals surface area contributed by atoms with Crippen LogP contribution in [0, 0.1) is 30.9 Å². The van der Waals surface area contributed by atoms with Crippen LogP contribution in [0.15, 0.2) is 42.5 Å². The molecular weight excluding hydrogens is 284 g/mol. The first-order valence-electron chi connectivity index (χ1n) is 6.74. The third-order valence-corrected chi connectivity index (χ3v) is 3.22. The second kappa shape index (κ2) is 6.86. The van der Waals surface area contributed by atoms with E-state index in [2.05, 4.69) is 5.92 Å². The zero-order chi connectivity index (χ0) is 16.1. The highest BCUT2D eigenvalue weighted by Crippen LogP contribution is 2.15. The number of carbonyl (C=O) groups is 1. The van der Waals surface area contributed by atoms with Crippen molar-refractivity contribution < 1.29 is 13.6 Å². The number of terminal acetylenes is 1. The molecule has 0 aliphatic carbocycles. The number of halogens is 2. The van der Waals surface area contributed by atoms with Gasteiger partial charge in [-0.25, -0.2) is 8.78 Å². The van der Waals surface area contributed by atoms with Gasteiger partial charge in [0, 0.05) is 6.54 Å². The van der Waals surface area contributed by atoms with Crippen LogP contribution >= 0.6 is 0 Å². The number of carbonyl (C=O) groups excluding carboxylic acids is 1. The molecule has 2 aromatic rings. The Morgan fingerprint density at radius 2 is 1.86 bits per heavy atom. The van der Waals surface area contributed by atoms with Gasteiger partial charge in [-0.1, -0.05) is 35.7 Å². The van der Waals surface area contributed by atoms with Gasteiger partial charge < -0.3 is 4.90 Å². The number of hydrogen-bond acceptors (Lipinski definition) is 1. The predicted octanol–water partition coefficient (Wildman–Crippen LogP) is 3.55. The maximum atomic E-state index is 13.7. The van der Waals surface area contributed by atoms with E-state index in [1.807, 2.05) is 31.2 Å². The summed E-state index contributed by atoms with van der Waals surface area (Å²) in [5, 5.41) is 0. The molecule has 1 amide bonds. The van der Waals surface area contributed by atoms with E-state index in [4.69, 9.17) is 6.42 Å². The lowest BCUT2D eigenvalue weighted by atomic mass is 10.1. The summed E-state index contributed by atoms with van der Waals surface area (Å²) in [4.78, 5) is 13.7. The lowest BCUT2D eigenvalue weighted by molar-refractivity contribution is 0.0760. The summed E-state index contributed by atoms with van der Waals surface area (Å²) >= 11 is 0. The minimum Gasteiger partial charge on any atom is -0.323 e. The summed E-state index contributed by atoms with van der Waals surface area (Å²) in [6, 6.07) is 10.4. The van der Waals surface area contributed by atoms with E-state index in [-0.39, 0.29) is 18.7 Å². The van der Waals surface area contributed by atoms with Gasteiger partial charge in [-0.3, -0.25) is 4.79 Å². The fraction of sp³-hybridized carbons (Fsp3) is 0.167. The Bertz CT molecular complexity index is 717. The van der Waals surface area contributed by atoms with Gasteiger partial charge in [-0.05, 0) is 30.7 Å². The molecule has 0 atom stereocenters. The Kier molecular flexibility index (Phi) is 4.90. The van der Waals surface area contributed by atoms with Crippen LogP contribution in [0.5, 0.6) is 0 Å². The van der Waals surface area contributed by atoms with Gasteiger partial charge in [0.25, 0.3) is 5.91 Å². The fourth-order valence-electron chi connectivity index (χ4n) is 2.06. The average Bonchev–Trinajstić information content (AvgIpc) is 2.50. The van der Waals surface area contributed by atoms with Crippen molar-refractivity contribution >= 4 is 5.91 Å². The first kappa shape index (κ1) is 15.7. The van der Waals surface area contributed by atoms with Crippen LogP contribution in [0.4, 0.5) is 8.78 Å². The molecule has 112 valence electrons. The van der Waals surface area contributed by atoms with Crippen molar-refractivity contribution in [3.05, 3.63) is 70.8 Å². The molecule has 0 heterocycles. The largest absolute Gasteiger partial charge is 0.323 e. The smallest absolute Gasteiger partial charge is 0.258 e. The Morgan fingerprint density at radius 1 is 1.18 bits per heavy atom. The monoisotopic (exact) mass is 299 g/mol. The van der Waals surface area contributed by atoms with Crippen LogP contribution in [-0.2, 0) is 6.54 Å². The van der Waals surface area contributed by atoms with Crippen LogP contribution in [0.2, 0.25) is 0 Å². The molecule has 0 N–H and O–H groups in total. The zero-order valence-corrected chi connectivity index (χ0v) is 12.1. The highest BCUT2D eigenvalue weighted by molar-refractivity contribution is 5.94. The van der Waals surface area contributed by atoms with E-state index >= 15 is 0 Å². The standard InChI is InChI=1S/C18H15F2NO/c1-3-10-21(12-14-6-4-13(2)5-7-14)18(22)16-11-15(19)8-9-17(16)20/h1,4-9,11H,10,12H2,2H3. The molecule has 0 radical (unpaired) electrons. The first-order valence-corrected chi connectivity index (χ1v) is 6.74. The zero-order valence-electron chi connectivity index (χ0n) is 12.1. The number of aryl methyl sites for hydroxylation is 1. The van der Waals surface area contributed by atoms with Crippen LogP contribution < -0.4 is 0 Å². The Hall–Kier alpha value is -2.67. The van der Waals surface area contributed by atoms with E-state index in [0.29, 0.717) is 0 Å². The summed E-state index contributed by atoms with van der Waals surface area (Å²) in [6.07, 6.45) is 5.28. The number of nitrogens with zero attached hydrogens (tertiary/aromatic N) is 1. The van der Waals surface area contributed by atoms with Crippen molar-refractivity contribution in [1.29, 1.82) is 0 Å². The van der Waals surface area contributed by atoms with Crippen molar-refractivity contribution in [2.45, 2.75) is 13.5 Å². The maximum Gasteiger partial charge on any atom is 0.258 e. The van der Waals surface area contributed by atoms with Crippen molar-refractivity contribution in [1.82, 2.24) is 4.90 Å². The number of benzene rings is 2. The van der Waals surface area contributed by atoms with E-state index in [9.17, 15) is 13.6 Å². The summed E-state index contributed by atoms with van der Waals surface area (Å²) in [5.41, 5.74) is 1.64. The minimum atomic E-state index is -0.766. The number of hydrogen-bond donors (Lipinski definition) is 0. The maximum absolute atomic E-state index is 13.7. The molecule has 0 spiro atoms. The normalized spacial score (nSPS) is 10.1. The van der Waals surface area contributed by atoms with Crippen molar-refractivity contribution in [3.8, 4) is 12.3 Å². The van der Waals surface area contributed by atoms with E-state index < -0.39 is 17.5 Å². The van der Waals surface area contributed by atoms with Gasteiger partial charge in [-0.2, -0.15) is 0 Å². The quantitative estimate of drug-likeness (QED) is 0.791. The molecule has 2 nitrogen and oxygen atoms in total. The van der Waals surface area contributed by atoms with Crippen molar-refractivity contribution in [3.63, 3.8) is 0 Å². The lowest BCUT2D eigenvalue weighted by Crippen LogP contribution is -2.31. The van der Waals surface area contributed by atoms with Gasteiger partial charge in [0.15, 0.2) is 0 Å². The van der Waals surface area contributed by atoms with Gasteiger partial charge in [0.05, 0.1) is 12.1 Å². The van der Waals surface area contributed by atoms with Crippen LogP contribution in [0.3, 0.4) is 0 Å². The Labute approximate surface area is 128 Å². The summed E-state index contributed by atoms with van der Waals surface area (Å²) in [7, 11) is 0.